The van der Waals surface area contributed by atoms with Gasteiger partial charge in [0.25, 0.3) is 0 Å². The summed E-state index contributed by atoms with van der Waals surface area (Å²) in [5, 5.41) is 0. The second-order valence-electron chi connectivity index (χ2n) is 5.12. The number of rotatable bonds is 1. The van der Waals surface area contributed by atoms with E-state index in [1.54, 1.807) is 6.33 Å². The third-order valence-electron chi connectivity index (χ3n) is 3.62. The number of hydrogen-bond donors (Lipinski definition) is 0. The Balaban J connectivity index is 1.91. The SMILES string of the molecule is CC1CCCN(c2ncnc3c2SCCC3)C1. The van der Waals surface area contributed by atoms with E-state index in [4.69, 9.17) is 0 Å². The van der Waals surface area contributed by atoms with Crippen LogP contribution in [0.3, 0.4) is 0 Å². The van der Waals surface area contributed by atoms with E-state index < -0.39 is 0 Å². The molecule has 0 N–H and O–H groups in total. The minimum absolute atomic E-state index is 0.794. The molecule has 0 radical (unpaired) electrons. The topological polar surface area (TPSA) is 29.0 Å². The van der Waals surface area contributed by atoms with E-state index in [0.717, 1.165) is 25.4 Å². The van der Waals surface area contributed by atoms with Crippen molar-refractivity contribution in [2.45, 2.75) is 37.5 Å². The van der Waals surface area contributed by atoms with Crippen molar-refractivity contribution in [1.29, 1.82) is 0 Å². The Hall–Kier alpha value is -0.770. The molecule has 17 heavy (non-hydrogen) atoms. The van der Waals surface area contributed by atoms with Gasteiger partial charge in [-0.05, 0) is 37.4 Å². The van der Waals surface area contributed by atoms with Crippen LogP contribution in [-0.2, 0) is 6.42 Å². The summed E-state index contributed by atoms with van der Waals surface area (Å²) in [7, 11) is 0. The second kappa shape index (κ2) is 4.84. The summed E-state index contributed by atoms with van der Waals surface area (Å²) in [5.41, 5.74) is 1.27. The van der Waals surface area contributed by atoms with E-state index in [0.29, 0.717) is 0 Å². The lowest BCUT2D eigenvalue weighted by molar-refractivity contribution is 0.442. The van der Waals surface area contributed by atoms with Crippen LogP contribution >= 0.6 is 11.8 Å². The summed E-state index contributed by atoms with van der Waals surface area (Å²) in [5.74, 6) is 3.21. The van der Waals surface area contributed by atoms with Gasteiger partial charge in [-0.3, -0.25) is 0 Å². The first-order valence-corrected chi connectivity index (χ1v) is 7.55. The van der Waals surface area contributed by atoms with Gasteiger partial charge in [0, 0.05) is 13.1 Å². The average molecular weight is 249 g/mol. The molecule has 0 bridgehead atoms. The van der Waals surface area contributed by atoms with Crippen LogP contribution in [0.15, 0.2) is 11.2 Å². The van der Waals surface area contributed by atoms with Crippen LogP contribution in [0.25, 0.3) is 0 Å². The largest absolute Gasteiger partial charge is 0.355 e. The van der Waals surface area contributed by atoms with Crippen molar-refractivity contribution in [3.05, 3.63) is 12.0 Å². The third kappa shape index (κ3) is 2.28. The Morgan fingerprint density at radius 3 is 3.18 bits per heavy atom. The van der Waals surface area contributed by atoms with Crippen molar-refractivity contribution >= 4 is 17.6 Å². The van der Waals surface area contributed by atoms with E-state index in [2.05, 4.69) is 21.8 Å². The zero-order valence-corrected chi connectivity index (χ0v) is 11.2. The molecule has 1 fully saturated rings. The molecule has 3 rings (SSSR count). The van der Waals surface area contributed by atoms with Gasteiger partial charge in [-0.25, -0.2) is 9.97 Å². The summed E-state index contributed by atoms with van der Waals surface area (Å²) < 4.78 is 0. The fraction of sp³-hybridized carbons (Fsp3) is 0.692. The Morgan fingerprint density at radius 1 is 1.35 bits per heavy atom. The molecule has 0 aromatic carbocycles. The van der Waals surface area contributed by atoms with Gasteiger partial charge >= 0.3 is 0 Å². The molecule has 2 aliphatic heterocycles. The smallest absolute Gasteiger partial charge is 0.145 e. The molecule has 3 heterocycles. The number of aryl methyl sites for hydroxylation is 1. The number of nitrogens with zero attached hydrogens (tertiary/aromatic N) is 3. The van der Waals surface area contributed by atoms with Gasteiger partial charge in [0.2, 0.25) is 0 Å². The van der Waals surface area contributed by atoms with Crippen LogP contribution in [-0.4, -0.2) is 28.8 Å². The van der Waals surface area contributed by atoms with Crippen LogP contribution in [0, 0.1) is 5.92 Å². The summed E-state index contributed by atoms with van der Waals surface area (Å²) in [6.07, 6.45) is 6.78. The van der Waals surface area contributed by atoms with Crippen molar-refractivity contribution < 1.29 is 0 Å². The van der Waals surface area contributed by atoms with Crippen LogP contribution in [0.1, 0.15) is 31.9 Å². The summed E-state index contributed by atoms with van der Waals surface area (Å²) in [6, 6.07) is 0. The third-order valence-corrected chi connectivity index (χ3v) is 4.82. The number of anilines is 1. The lowest BCUT2D eigenvalue weighted by Crippen LogP contribution is -2.35. The fourth-order valence-corrected chi connectivity index (χ4v) is 3.87. The molecule has 2 aliphatic rings. The Morgan fingerprint density at radius 2 is 2.29 bits per heavy atom. The van der Waals surface area contributed by atoms with Gasteiger partial charge in [-0.2, -0.15) is 0 Å². The second-order valence-corrected chi connectivity index (χ2v) is 6.22. The number of aromatic nitrogens is 2. The number of piperidine rings is 1. The predicted molar refractivity (Wildman–Crippen MR) is 71.7 cm³/mol. The van der Waals surface area contributed by atoms with Crippen LogP contribution < -0.4 is 4.90 Å². The standard InChI is InChI=1S/C13H19N3S/c1-10-4-2-6-16(8-10)13-12-11(14-9-15-13)5-3-7-17-12/h9-10H,2-8H2,1H3. The van der Waals surface area contributed by atoms with E-state index in [1.807, 2.05) is 11.8 Å². The van der Waals surface area contributed by atoms with E-state index in [-0.39, 0.29) is 0 Å². The van der Waals surface area contributed by atoms with Gasteiger partial charge in [-0.1, -0.05) is 6.92 Å². The van der Waals surface area contributed by atoms with Gasteiger partial charge in [-0.15, -0.1) is 11.8 Å². The lowest BCUT2D eigenvalue weighted by Gasteiger charge is -2.33. The number of hydrogen-bond acceptors (Lipinski definition) is 4. The van der Waals surface area contributed by atoms with E-state index in [1.165, 1.54) is 41.4 Å². The highest BCUT2D eigenvalue weighted by Crippen LogP contribution is 2.36. The number of thioether (sulfide) groups is 1. The minimum atomic E-state index is 0.794. The van der Waals surface area contributed by atoms with Crippen molar-refractivity contribution in [2.75, 3.05) is 23.7 Å². The lowest BCUT2D eigenvalue weighted by atomic mass is 10.0. The molecule has 92 valence electrons. The zero-order valence-electron chi connectivity index (χ0n) is 10.4. The van der Waals surface area contributed by atoms with Gasteiger partial charge in [0.05, 0.1) is 10.6 Å². The van der Waals surface area contributed by atoms with Crippen LogP contribution in [0.4, 0.5) is 5.82 Å². The van der Waals surface area contributed by atoms with Crippen LogP contribution in [0.5, 0.6) is 0 Å². The maximum absolute atomic E-state index is 4.54. The summed E-state index contributed by atoms with van der Waals surface area (Å²) in [6.45, 7) is 4.66. The molecule has 1 unspecified atom stereocenters. The number of fused-ring (bicyclic) bond motifs is 1. The maximum Gasteiger partial charge on any atom is 0.145 e. The fourth-order valence-electron chi connectivity index (χ4n) is 2.75. The minimum Gasteiger partial charge on any atom is -0.355 e. The highest BCUT2D eigenvalue weighted by atomic mass is 32.2. The molecular formula is C13H19N3S. The average Bonchev–Trinajstić information content (AvgIpc) is 2.38. The van der Waals surface area contributed by atoms with Crippen molar-refractivity contribution in [2.24, 2.45) is 5.92 Å². The van der Waals surface area contributed by atoms with Crippen molar-refractivity contribution in [1.82, 2.24) is 9.97 Å². The van der Waals surface area contributed by atoms with E-state index in [9.17, 15) is 0 Å². The quantitative estimate of drug-likeness (QED) is 0.765. The highest BCUT2D eigenvalue weighted by molar-refractivity contribution is 7.99. The Bertz CT molecular complexity index is 408. The Labute approximate surface area is 107 Å². The molecule has 0 spiro atoms. The Kier molecular flexibility index (Phi) is 3.23. The highest BCUT2D eigenvalue weighted by Gasteiger charge is 2.23. The first-order chi connectivity index (χ1) is 8.34. The molecule has 1 aromatic rings. The van der Waals surface area contributed by atoms with E-state index >= 15 is 0 Å². The monoisotopic (exact) mass is 249 g/mol. The molecule has 0 saturated carbocycles. The summed E-state index contributed by atoms with van der Waals surface area (Å²) in [4.78, 5) is 12.8. The van der Waals surface area contributed by atoms with Gasteiger partial charge in [0.1, 0.15) is 12.1 Å². The molecular weight excluding hydrogens is 230 g/mol. The normalized spacial score (nSPS) is 24.5. The van der Waals surface area contributed by atoms with Gasteiger partial charge in [0.15, 0.2) is 0 Å². The maximum atomic E-state index is 4.54. The molecule has 3 nitrogen and oxygen atoms in total. The van der Waals surface area contributed by atoms with Gasteiger partial charge < -0.3 is 4.90 Å². The molecule has 0 amide bonds. The zero-order chi connectivity index (χ0) is 11.7. The first kappa shape index (κ1) is 11.3. The van der Waals surface area contributed by atoms with Crippen LogP contribution in [0.2, 0.25) is 0 Å². The summed E-state index contributed by atoms with van der Waals surface area (Å²) >= 11 is 1.94. The molecule has 1 saturated heterocycles. The molecule has 0 aliphatic carbocycles. The molecule has 4 heteroatoms. The predicted octanol–water partition coefficient (Wildman–Crippen LogP) is 2.75. The first-order valence-electron chi connectivity index (χ1n) is 6.56. The van der Waals surface area contributed by atoms with Crippen molar-refractivity contribution in [3.63, 3.8) is 0 Å². The molecule has 1 atom stereocenters. The van der Waals surface area contributed by atoms with Crippen molar-refractivity contribution in [3.8, 4) is 0 Å². The molecule has 1 aromatic heterocycles.